The van der Waals surface area contributed by atoms with Gasteiger partial charge in [0.05, 0.1) is 6.54 Å². The Bertz CT molecular complexity index is 348. The molecule has 2 rings (SSSR count). The highest BCUT2D eigenvalue weighted by atomic mass is 16.2. The van der Waals surface area contributed by atoms with Crippen LogP contribution in [0, 0.1) is 11.3 Å². The summed E-state index contributed by atoms with van der Waals surface area (Å²) in [5, 5.41) is 0. The Labute approximate surface area is 124 Å². The summed E-state index contributed by atoms with van der Waals surface area (Å²) in [6.07, 6.45) is 6.50. The van der Waals surface area contributed by atoms with Gasteiger partial charge >= 0.3 is 0 Å². The van der Waals surface area contributed by atoms with E-state index in [4.69, 9.17) is 0 Å². The Morgan fingerprint density at radius 3 is 2.35 bits per heavy atom. The molecule has 116 valence electrons. The molecule has 2 fully saturated rings. The van der Waals surface area contributed by atoms with E-state index >= 15 is 0 Å². The Hall–Kier alpha value is -0.570. The minimum atomic E-state index is -0.0279. The Balaban J connectivity index is 1.78. The van der Waals surface area contributed by atoms with Gasteiger partial charge in [0.15, 0.2) is 0 Å². The summed E-state index contributed by atoms with van der Waals surface area (Å²) >= 11 is 0. The molecule has 1 amide bonds. The Morgan fingerprint density at radius 1 is 1.30 bits per heavy atom. The van der Waals surface area contributed by atoms with Crippen molar-refractivity contribution in [2.75, 3.05) is 26.7 Å². The van der Waals surface area contributed by atoms with Crippen molar-refractivity contribution in [2.24, 2.45) is 11.3 Å². The van der Waals surface area contributed by atoms with E-state index in [0.29, 0.717) is 12.0 Å². The van der Waals surface area contributed by atoms with Crippen LogP contribution in [0.2, 0.25) is 0 Å². The maximum Gasteiger partial charge on any atom is 0.236 e. The minimum Gasteiger partial charge on any atom is -0.340 e. The first-order valence-corrected chi connectivity index (χ1v) is 8.27. The molecule has 2 aliphatic rings. The largest absolute Gasteiger partial charge is 0.340 e. The zero-order chi connectivity index (χ0) is 15.0. The first-order chi connectivity index (χ1) is 9.28. The fraction of sp³-hybridized carbons (Fsp3) is 0.941. The highest BCUT2D eigenvalue weighted by Gasteiger charge is 2.45. The SMILES string of the molecule is CCC(C)(C)N(C)C(=O)CN1CC2(CCC(C)CC2)C1. The number of carbonyl (C=O) groups excluding carboxylic acids is 1. The summed E-state index contributed by atoms with van der Waals surface area (Å²) in [6, 6.07) is 0. The monoisotopic (exact) mass is 280 g/mol. The van der Waals surface area contributed by atoms with Gasteiger partial charge in [-0.3, -0.25) is 9.69 Å². The number of hydrogen-bond donors (Lipinski definition) is 0. The molecule has 3 nitrogen and oxygen atoms in total. The average Bonchev–Trinajstić information content (AvgIpc) is 2.38. The number of rotatable bonds is 4. The van der Waals surface area contributed by atoms with Gasteiger partial charge in [-0.05, 0) is 44.4 Å². The van der Waals surface area contributed by atoms with Crippen molar-refractivity contribution in [3.05, 3.63) is 0 Å². The highest BCUT2D eigenvalue weighted by Crippen LogP contribution is 2.45. The van der Waals surface area contributed by atoms with Crippen LogP contribution in [-0.4, -0.2) is 47.9 Å². The molecular formula is C17H32N2O. The van der Waals surface area contributed by atoms with Crippen LogP contribution >= 0.6 is 0 Å². The molecule has 1 spiro atoms. The van der Waals surface area contributed by atoms with Gasteiger partial charge in [-0.25, -0.2) is 0 Å². The third-order valence-electron chi connectivity index (χ3n) is 5.96. The lowest BCUT2D eigenvalue weighted by atomic mass is 9.66. The third-order valence-corrected chi connectivity index (χ3v) is 5.96. The van der Waals surface area contributed by atoms with E-state index in [2.05, 4.69) is 32.6 Å². The summed E-state index contributed by atoms with van der Waals surface area (Å²) in [4.78, 5) is 16.6. The fourth-order valence-electron chi connectivity index (χ4n) is 3.58. The summed E-state index contributed by atoms with van der Waals surface area (Å²) in [5.41, 5.74) is 0.533. The zero-order valence-electron chi connectivity index (χ0n) is 14.0. The van der Waals surface area contributed by atoms with E-state index in [-0.39, 0.29) is 11.4 Å². The number of hydrogen-bond acceptors (Lipinski definition) is 2. The van der Waals surface area contributed by atoms with E-state index in [9.17, 15) is 4.79 Å². The van der Waals surface area contributed by atoms with Crippen LogP contribution in [0.5, 0.6) is 0 Å². The topological polar surface area (TPSA) is 23.6 Å². The first kappa shape index (κ1) is 15.8. The second kappa shape index (κ2) is 5.67. The molecule has 0 aromatic carbocycles. The van der Waals surface area contributed by atoms with E-state index in [0.717, 1.165) is 25.4 Å². The van der Waals surface area contributed by atoms with Crippen LogP contribution in [0.4, 0.5) is 0 Å². The number of likely N-dealkylation sites (N-methyl/N-ethyl adjacent to an activating group) is 1. The van der Waals surface area contributed by atoms with E-state index in [1.807, 2.05) is 11.9 Å². The predicted octanol–water partition coefficient (Wildman–Crippen LogP) is 3.15. The Morgan fingerprint density at radius 2 is 1.85 bits per heavy atom. The smallest absolute Gasteiger partial charge is 0.236 e. The van der Waals surface area contributed by atoms with Gasteiger partial charge in [-0.2, -0.15) is 0 Å². The summed E-state index contributed by atoms with van der Waals surface area (Å²) < 4.78 is 0. The normalized spacial score (nSPS) is 23.6. The highest BCUT2D eigenvalue weighted by molar-refractivity contribution is 5.78. The van der Waals surface area contributed by atoms with Crippen LogP contribution < -0.4 is 0 Å². The molecule has 0 aromatic heterocycles. The van der Waals surface area contributed by atoms with Crippen molar-refractivity contribution in [3.63, 3.8) is 0 Å². The molecule has 0 bridgehead atoms. The molecular weight excluding hydrogens is 248 g/mol. The van der Waals surface area contributed by atoms with Gasteiger partial charge < -0.3 is 4.90 Å². The lowest BCUT2D eigenvalue weighted by molar-refractivity contribution is -0.140. The molecule has 1 aliphatic carbocycles. The summed E-state index contributed by atoms with van der Waals surface area (Å²) in [6.45, 7) is 11.7. The number of carbonyl (C=O) groups is 1. The fourth-order valence-corrected chi connectivity index (χ4v) is 3.58. The van der Waals surface area contributed by atoms with Crippen LogP contribution in [0.1, 0.15) is 59.8 Å². The lowest BCUT2D eigenvalue weighted by Crippen LogP contribution is -2.60. The zero-order valence-corrected chi connectivity index (χ0v) is 14.0. The Kier molecular flexibility index (Phi) is 4.48. The minimum absolute atomic E-state index is 0.0279. The van der Waals surface area contributed by atoms with Gasteiger partial charge in [0, 0.05) is 25.7 Å². The molecule has 0 unspecified atom stereocenters. The maximum absolute atomic E-state index is 12.4. The number of amides is 1. The molecule has 1 aliphatic heterocycles. The second-order valence-electron chi connectivity index (χ2n) is 7.95. The van der Waals surface area contributed by atoms with Crippen LogP contribution in [0.25, 0.3) is 0 Å². The summed E-state index contributed by atoms with van der Waals surface area (Å²) in [7, 11) is 1.95. The molecule has 3 heteroatoms. The number of nitrogens with zero attached hydrogens (tertiary/aromatic N) is 2. The van der Waals surface area contributed by atoms with E-state index in [1.54, 1.807) is 0 Å². The molecule has 0 atom stereocenters. The van der Waals surface area contributed by atoms with Gasteiger partial charge in [-0.15, -0.1) is 0 Å². The quantitative estimate of drug-likeness (QED) is 0.790. The van der Waals surface area contributed by atoms with Crippen molar-refractivity contribution >= 4 is 5.91 Å². The van der Waals surface area contributed by atoms with Crippen molar-refractivity contribution in [2.45, 2.75) is 65.3 Å². The van der Waals surface area contributed by atoms with Gasteiger partial charge in [0.2, 0.25) is 5.91 Å². The third kappa shape index (κ3) is 3.19. The molecule has 0 aromatic rings. The van der Waals surface area contributed by atoms with Crippen molar-refractivity contribution in [3.8, 4) is 0 Å². The van der Waals surface area contributed by atoms with Crippen molar-refractivity contribution < 1.29 is 4.79 Å². The van der Waals surface area contributed by atoms with Crippen LogP contribution in [0.15, 0.2) is 0 Å². The van der Waals surface area contributed by atoms with Crippen molar-refractivity contribution in [1.29, 1.82) is 0 Å². The summed E-state index contributed by atoms with van der Waals surface area (Å²) in [5.74, 6) is 1.18. The predicted molar refractivity (Wildman–Crippen MR) is 83.6 cm³/mol. The van der Waals surface area contributed by atoms with Gasteiger partial charge in [0.25, 0.3) is 0 Å². The molecule has 20 heavy (non-hydrogen) atoms. The van der Waals surface area contributed by atoms with E-state index < -0.39 is 0 Å². The molecule has 1 saturated heterocycles. The molecule has 1 heterocycles. The molecule has 0 radical (unpaired) electrons. The van der Waals surface area contributed by atoms with Crippen LogP contribution in [0.3, 0.4) is 0 Å². The first-order valence-electron chi connectivity index (χ1n) is 8.27. The van der Waals surface area contributed by atoms with E-state index in [1.165, 1.54) is 25.7 Å². The maximum atomic E-state index is 12.4. The average molecular weight is 280 g/mol. The van der Waals surface area contributed by atoms with Gasteiger partial charge in [-0.1, -0.05) is 26.7 Å². The molecule has 1 saturated carbocycles. The number of likely N-dealkylation sites (tertiary alicyclic amines) is 1. The van der Waals surface area contributed by atoms with Crippen molar-refractivity contribution in [1.82, 2.24) is 9.80 Å². The lowest BCUT2D eigenvalue weighted by Gasteiger charge is -2.53. The molecule has 0 N–H and O–H groups in total. The van der Waals surface area contributed by atoms with Crippen LogP contribution in [-0.2, 0) is 4.79 Å². The second-order valence-corrected chi connectivity index (χ2v) is 7.95. The van der Waals surface area contributed by atoms with Gasteiger partial charge in [0.1, 0.15) is 0 Å². The standard InChI is InChI=1S/C17H32N2O/c1-6-16(3,4)18(5)15(20)11-19-12-17(13-19)9-7-14(2)8-10-17/h14H,6-13H2,1-5H3.